The summed E-state index contributed by atoms with van der Waals surface area (Å²) in [5.74, 6) is -1.88. The Hall–Kier alpha value is -0.793. The van der Waals surface area contributed by atoms with Crippen LogP contribution in [-0.2, 0) is 38.1 Å². The highest BCUT2D eigenvalue weighted by Crippen LogP contribution is 2.28. The number of esters is 3. The molecule has 30 heavy (non-hydrogen) atoms. The van der Waals surface area contributed by atoms with Gasteiger partial charge in [-0.3, -0.25) is 14.4 Å². The van der Waals surface area contributed by atoms with Gasteiger partial charge < -0.3 is 28.8 Å². The minimum absolute atomic E-state index is 0.273. The summed E-state index contributed by atoms with van der Waals surface area (Å²) < 4.78 is 26.9. The average molecular weight is 485 g/mol. The van der Waals surface area contributed by atoms with Gasteiger partial charge in [-0.1, -0.05) is 12.6 Å². The van der Waals surface area contributed by atoms with Gasteiger partial charge >= 0.3 is 17.9 Å². The highest BCUT2D eigenvalue weighted by molar-refractivity contribution is 7.85. The number of ether oxygens (including phenoxy) is 5. The molecule has 0 aromatic rings. The second-order valence-electron chi connectivity index (χ2n) is 7.59. The van der Waals surface area contributed by atoms with Gasteiger partial charge in [0.05, 0.1) is 8.07 Å². The zero-order valence-corrected chi connectivity index (χ0v) is 20.5. The second kappa shape index (κ2) is 12.9. The van der Waals surface area contributed by atoms with Crippen LogP contribution in [0.15, 0.2) is 0 Å². The third-order valence-electron chi connectivity index (χ3n) is 4.64. The summed E-state index contributed by atoms with van der Waals surface area (Å²) in [5, 5.41) is 12.2. The molecule has 0 unspecified atom stereocenters. The summed E-state index contributed by atoms with van der Waals surface area (Å²) in [6.45, 7) is 5.80. The predicted octanol–water partition coefficient (Wildman–Crippen LogP) is 0.922. The lowest BCUT2D eigenvalue weighted by atomic mass is 9.98. The van der Waals surface area contributed by atoms with Crippen molar-refractivity contribution in [2.45, 2.75) is 70.5 Å². The van der Waals surface area contributed by atoms with E-state index in [1.54, 1.807) is 0 Å². The van der Waals surface area contributed by atoms with Gasteiger partial charge in [0.1, 0.15) is 18.8 Å². The molecule has 0 amide bonds. The van der Waals surface area contributed by atoms with Gasteiger partial charge in [-0.15, -0.1) is 0 Å². The lowest BCUT2D eigenvalue weighted by molar-refractivity contribution is -0.306. The van der Waals surface area contributed by atoms with Crippen LogP contribution in [0, 0.1) is 0 Å². The maximum absolute atomic E-state index is 11.6. The zero-order chi connectivity index (χ0) is 22.9. The van der Waals surface area contributed by atoms with E-state index >= 15 is 0 Å². The quantitative estimate of drug-likeness (QED) is 0.129. The van der Waals surface area contributed by atoms with E-state index in [1.807, 2.05) is 0 Å². The van der Waals surface area contributed by atoms with Crippen molar-refractivity contribution in [2.24, 2.45) is 0 Å². The molecule has 1 saturated heterocycles. The van der Waals surface area contributed by atoms with Gasteiger partial charge in [0.2, 0.25) is 0 Å². The molecule has 5 atom stereocenters. The Labute approximate surface area is 188 Å². The van der Waals surface area contributed by atoms with Gasteiger partial charge in [0.15, 0.2) is 18.5 Å². The molecule has 0 radical (unpaired) electrons. The summed E-state index contributed by atoms with van der Waals surface area (Å²) in [5.41, 5.74) is 0. The van der Waals surface area contributed by atoms with Crippen LogP contribution >= 0.6 is 25.3 Å². The molecule has 0 spiro atoms. The minimum Gasteiger partial charge on any atom is -0.463 e. The van der Waals surface area contributed by atoms with Crippen molar-refractivity contribution < 1.29 is 43.2 Å². The first-order valence-electron chi connectivity index (χ1n) is 9.67. The van der Waals surface area contributed by atoms with Crippen LogP contribution in [0.25, 0.3) is 0 Å². The van der Waals surface area contributed by atoms with Gasteiger partial charge in [-0.25, -0.2) is 0 Å². The minimum atomic E-state index is -1.56. The molecule has 0 aromatic heterocycles. The van der Waals surface area contributed by atoms with Gasteiger partial charge in [0, 0.05) is 27.4 Å². The van der Waals surface area contributed by atoms with Crippen LogP contribution in [0.2, 0.25) is 12.6 Å². The SMILES string of the molecule is CC(=O)OC[C@H]1O[C@@H](OCCC[Si](C)(CS)CS)[C@H](OC(C)=O)[C@@H](OC(C)=O)[C@@H]1O. The van der Waals surface area contributed by atoms with Gasteiger partial charge in [-0.2, -0.15) is 25.3 Å². The summed E-state index contributed by atoms with van der Waals surface area (Å²) in [6.07, 6.45) is -5.21. The third kappa shape index (κ3) is 8.75. The Morgan fingerprint density at radius 2 is 1.57 bits per heavy atom. The highest BCUT2D eigenvalue weighted by atomic mass is 32.1. The van der Waals surface area contributed by atoms with Crippen molar-refractivity contribution >= 4 is 51.2 Å². The van der Waals surface area contributed by atoms with Gasteiger partial charge in [-0.05, 0) is 17.2 Å². The van der Waals surface area contributed by atoms with Crippen molar-refractivity contribution in [3.05, 3.63) is 0 Å². The standard InChI is InChI=1S/C18H32O9S2Si/c1-11(19)24-8-14-15(22)16(25-12(2)20)17(26-13(3)21)18(27-14)23-6-5-7-30(4,9-28)10-29/h14-18,22,28-29H,5-10H2,1-4H3/t14-,15-,16+,17-,18-/m1/s1. The molecule has 1 heterocycles. The Kier molecular flexibility index (Phi) is 11.7. The lowest BCUT2D eigenvalue weighted by Gasteiger charge is -2.42. The molecule has 1 fully saturated rings. The van der Waals surface area contributed by atoms with E-state index in [0.717, 1.165) is 16.8 Å². The number of carbonyl (C=O) groups excluding carboxylic acids is 3. The number of aliphatic hydroxyl groups is 1. The average Bonchev–Trinajstić information content (AvgIpc) is 2.67. The van der Waals surface area contributed by atoms with Crippen LogP contribution in [0.3, 0.4) is 0 Å². The Bertz CT molecular complexity index is 588. The summed E-state index contributed by atoms with van der Waals surface area (Å²) in [4.78, 5) is 34.3. The number of carbonyl (C=O) groups is 3. The van der Waals surface area contributed by atoms with Crippen molar-refractivity contribution in [3.63, 3.8) is 0 Å². The molecule has 12 heteroatoms. The molecule has 0 aliphatic carbocycles. The molecule has 1 rings (SSSR count). The molecule has 0 saturated carbocycles. The van der Waals surface area contributed by atoms with E-state index < -0.39 is 56.7 Å². The molecular weight excluding hydrogens is 452 g/mol. The first kappa shape index (κ1) is 27.2. The molecule has 1 aliphatic rings. The first-order chi connectivity index (χ1) is 14.0. The molecule has 1 N–H and O–H groups in total. The zero-order valence-electron chi connectivity index (χ0n) is 17.7. The van der Waals surface area contributed by atoms with Crippen molar-refractivity contribution in [2.75, 3.05) is 24.0 Å². The predicted molar refractivity (Wildman–Crippen MR) is 117 cm³/mol. The number of aliphatic hydroxyl groups excluding tert-OH is 1. The summed E-state index contributed by atoms with van der Waals surface area (Å²) in [6, 6.07) is 0.928. The van der Waals surface area contributed by atoms with Crippen LogP contribution in [0.5, 0.6) is 0 Å². The van der Waals surface area contributed by atoms with Gasteiger partial charge in [0.25, 0.3) is 0 Å². The maximum atomic E-state index is 11.6. The Morgan fingerprint density at radius 1 is 1.00 bits per heavy atom. The molecule has 174 valence electrons. The van der Waals surface area contributed by atoms with Crippen molar-refractivity contribution in [1.29, 1.82) is 0 Å². The molecule has 0 bridgehead atoms. The molecule has 0 aromatic carbocycles. The number of hydrogen-bond acceptors (Lipinski definition) is 11. The largest absolute Gasteiger partial charge is 0.463 e. The van der Waals surface area contributed by atoms with Crippen LogP contribution in [0.1, 0.15) is 27.2 Å². The number of rotatable bonds is 11. The normalized spacial score (nSPS) is 26.7. The van der Waals surface area contributed by atoms with E-state index in [0.29, 0.717) is 6.42 Å². The number of hydrogen-bond donors (Lipinski definition) is 3. The van der Waals surface area contributed by atoms with E-state index in [1.165, 1.54) is 20.8 Å². The van der Waals surface area contributed by atoms with Crippen LogP contribution in [0.4, 0.5) is 0 Å². The monoisotopic (exact) mass is 484 g/mol. The fourth-order valence-corrected chi connectivity index (χ4v) is 6.47. The van der Waals surface area contributed by atoms with Crippen molar-refractivity contribution in [3.8, 4) is 0 Å². The van der Waals surface area contributed by atoms with Crippen LogP contribution in [-0.4, -0.2) is 85.8 Å². The molecule has 1 aliphatic heterocycles. The Morgan fingerprint density at radius 3 is 2.07 bits per heavy atom. The fourth-order valence-electron chi connectivity index (χ4n) is 2.91. The topological polar surface area (TPSA) is 118 Å². The Balaban J connectivity index is 2.93. The van der Waals surface area contributed by atoms with E-state index in [-0.39, 0.29) is 13.2 Å². The second-order valence-corrected chi connectivity index (χ2v) is 14.2. The highest BCUT2D eigenvalue weighted by Gasteiger charge is 2.50. The molecular formula is C18H32O9S2Si. The maximum Gasteiger partial charge on any atom is 0.303 e. The first-order valence-corrected chi connectivity index (χ1v) is 14.1. The van der Waals surface area contributed by atoms with E-state index in [9.17, 15) is 19.5 Å². The summed E-state index contributed by atoms with van der Waals surface area (Å²) in [7, 11) is -1.56. The smallest absolute Gasteiger partial charge is 0.303 e. The lowest BCUT2D eigenvalue weighted by Crippen LogP contribution is -2.61. The molecule has 9 nitrogen and oxygen atoms in total. The van der Waals surface area contributed by atoms with E-state index in [2.05, 4.69) is 31.8 Å². The summed E-state index contributed by atoms with van der Waals surface area (Å²) >= 11 is 8.83. The fraction of sp³-hybridized carbons (Fsp3) is 0.833. The van der Waals surface area contributed by atoms with Crippen LogP contribution < -0.4 is 0 Å². The third-order valence-corrected chi connectivity index (χ3v) is 12.3. The van der Waals surface area contributed by atoms with E-state index in [4.69, 9.17) is 23.7 Å². The number of thiol groups is 2. The van der Waals surface area contributed by atoms with Crippen molar-refractivity contribution in [1.82, 2.24) is 0 Å².